The van der Waals surface area contributed by atoms with Crippen molar-refractivity contribution in [2.24, 2.45) is 0 Å². The predicted octanol–water partition coefficient (Wildman–Crippen LogP) is 3.53. The van der Waals surface area contributed by atoms with Gasteiger partial charge in [0.2, 0.25) is 11.7 Å². The molecule has 4 nitrogen and oxygen atoms in total. The van der Waals surface area contributed by atoms with Crippen molar-refractivity contribution in [3.8, 4) is 0 Å². The van der Waals surface area contributed by atoms with Gasteiger partial charge in [0.15, 0.2) is 5.69 Å². The van der Waals surface area contributed by atoms with E-state index >= 15 is 0 Å². The van der Waals surface area contributed by atoms with Crippen molar-refractivity contribution in [1.82, 2.24) is 4.98 Å². The molecule has 1 aromatic rings. The Labute approximate surface area is 103 Å². The van der Waals surface area contributed by atoms with Crippen molar-refractivity contribution in [1.29, 1.82) is 0 Å². The molecule has 0 aromatic carbocycles. The Bertz CT molecular complexity index is 450. The van der Waals surface area contributed by atoms with Crippen LogP contribution in [-0.2, 0) is 5.41 Å². The Hall–Kier alpha value is -1.46. The Balaban J connectivity index is 2.46. The molecular weight excluding hydrogens is 244 g/mol. The highest BCUT2D eigenvalue weighted by Gasteiger charge is 2.40. The standard InChI is InChI=1S/C12H15F2NO3/c1-2-12(5-3-4-6-12)11-15-7(9(13)14)8(18-11)10(16)17/h9H,2-6H2,1H3,(H,16,17). The quantitative estimate of drug-likeness (QED) is 0.898. The number of aromatic carboxylic acids is 1. The van der Waals surface area contributed by atoms with E-state index in [4.69, 9.17) is 9.52 Å². The number of hydrogen-bond donors (Lipinski definition) is 1. The average molecular weight is 259 g/mol. The van der Waals surface area contributed by atoms with Gasteiger partial charge in [-0.3, -0.25) is 0 Å². The van der Waals surface area contributed by atoms with Crippen LogP contribution in [0.4, 0.5) is 8.78 Å². The normalized spacial score (nSPS) is 18.4. The zero-order valence-electron chi connectivity index (χ0n) is 10.1. The molecule has 0 amide bonds. The second-order valence-electron chi connectivity index (χ2n) is 4.68. The third-order valence-corrected chi connectivity index (χ3v) is 3.75. The molecule has 100 valence electrons. The van der Waals surface area contributed by atoms with E-state index in [1.165, 1.54) is 0 Å². The van der Waals surface area contributed by atoms with Gasteiger partial charge in [0.05, 0.1) is 0 Å². The zero-order chi connectivity index (χ0) is 13.3. The van der Waals surface area contributed by atoms with Crippen molar-refractivity contribution in [2.45, 2.75) is 50.9 Å². The maximum Gasteiger partial charge on any atom is 0.374 e. The molecule has 0 aliphatic heterocycles. The van der Waals surface area contributed by atoms with E-state index in [0.717, 1.165) is 32.1 Å². The molecule has 1 fully saturated rings. The number of rotatable bonds is 4. The van der Waals surface area contributed by atoms with Gasteiger partial charge in [0, 0.05) is 5.41 Å². The van der Waals surface area contributed by atoms with E-state index in [2.05, 4.69) is 4.98 Å². The van der Waals surface area contributed by atoms with Crippen LogP contribution in [-0.4, -0.2) is 16.1 Å². The van der Waals surface area contributed by atoms with Crippen molar-refractivity contribution in [3.05, 3.63) is 17.3 Å². The van der Waals surface area contributed by atoms with Crippen LogP contribution < -0.4 is 0 Å². The fraction of sp³-hybridized carbons (Fsp3) is 0.667. The number of carboxylic acids is 1. The summed E-state index contributed by atoms with van der Waals surface area (Å²) in [4.78, 5) is 14.6. The predicted molar refractivity (Wildman–Crippen MR) is 58.9 cm³/mol. The molecule has 0 bridgehead atoms. The lowest BCUT2D eigenvalue weighted by Gasteiger charge is -2.22. The van der Waals surface area contributed by atoms with Gasteiger partial charge in [0.1, 0.15) is 0 Å². The zero-order valence-corrected chi connectivity index (χ0v) is 10.1. The van der Waals surface area contributed by atoms with Crippen LogP contribution in [0.2, 0.25) is 0 Å². The van der Waals surface area contributed by atoms with E-state index in [-0.39, 0.29) is 11.3 Å². The summed E-state index contributed by atoms with van der Waals surface area (Å²) in [6.45, 7) is 1.94. The number of oxazole rings is 1. The van der Waals surface area contributed by atoms with Gasteiger partial charge in [0.25, 0.3) is 6.43 Å². The second kappa shape index (κ2) is 4.66. The van der Waals surface area contributed by atoms with E-state index in [1.807, 2.05) is 6.92 Å². The van der Waals surface area contributed by atoms with Crippen LogP contribution >= 0.6 is 0 Å². The van der Waals surface area contributed by atoms with Crippen LogP contribution in [0, 0.1) is 0 Å². The second-order valence-corrected chi connectivity index (χ2v) is 4.68. The summed E-state index contributed by atoms with van der Waals surface area (Å²) in [7, 11) is 0. The number of carbonyl (C=O) groups is 1. The molecule has 0 spiro atoms. The summed E-state index contributed by atoms with van der Waals surface area (Å²) in [5.41, 5.74) is -1.12. The number of halogens is 2. The first-order valence-corrected chi connectivity index (χ1v) is 6.03. The summed E-state index contributed by atoms with van der Waals surface area (Å²) in [5.74, 6) is -2.05. The summed E-state index contributed by atoms with van der Waals surface area (Å²) in [6.07, 6.45) is 1.39. The number of hydrogen-bond acceptors (Lipinski definition) is 3. The van der Waals surface area contributed by atoms with Gasteiger partial charge in [-0.15, -0.1) is 0 Å². The van der Waals surface area contributed by atoms with Crippen molar-refractivity contribution >= 4 is 5.97 Å². The number of alkyl halides is 2. The lowest BCUT2D eigenvalue weighted by molar-refractivity contribution is 0.0641. The molecule has 0 unspecified atom stereocenters. The SMILES string of the molecule is CCC1(c2nc(C(F)F)c(C(=O)O)o2)CCCC1. The molecule has 1 aliphatic rings. The molecule has 1 aromatic heterocycles. The van der Waals surface area contributed by atoms with Gasteiger partial charge in [-0.05, 0) is 19.3 Å². The van der Waals surface area contributed by atoms with Crippen molar-refractivity contribution in [2.75, 3.05) is 0 Å². The molecule has 0 radical (unpaired) electrons. The Morgan fingerprint density at radius 2 is 2.11 bits per heavy atom. The van der Waals surface area contributed by atoms with Crippen molar-refractivity contribution in [3.63, 3.8) is 0 Å². The highest BCUT2D eigenvalue weighted by molar-refractivity contribution is 5.85. The summed E-state index contributed by atoms with van der Waals surface area (Å²) in [6, 6.07) is 0. The van der Waals surface area contributed by atoms with E-state index in [0.29, 0.717) is 0 Å². The van der Waals surface area contributed by atoms with Crippen LogP contribution in [0.5, 0.6) is 0 Å². The maximum absolute atomic E-state index is 12.7. The molecular formula is C12H15F2NO3. The minimum Gasteiger partial charge on any atom is -0.475 e. The topological polar surface area (TPSA) is 63.3 Å². The molecule has 0 saturated heterocycles. The Morgan fingerprint density at radius 1 is 1.50 bits per heavy atom. The summed E-state index contributed by atoms with van der Waals surface area (Å²) < 4.78 is 30.6. The van der Waals surface area contributed by atoms with Crippen LogP contribution in [0.25, 0.3) is 0 Å². The molecule has 1 N–H and O–H groups in total. The number of carboxylic acid groups (broad SMARTS) is 1. The van der Waals surface area contributed by atoms with Gasteiger partial charge in [-0.2, -0.15) is 0 Å². The summed E-state index contributed by atoms with van der Waals surface area (Å²) >= 11 is 0. The van der Waals surface area contributed by atoms with Gasteiger partial charge < -0.3 is 9.52 Å². The van der Waals surface area contributed by atoms with Gasteiger partial charge in [-0.25, -0.2) is 18.6 Å². The fourth-order valence-electron chi connectivity index (χ4n) is 2.63. The first kappa shape index (κ1) is 13.0. The molecule has 1 heterocycles. The van der Waals surface area contributed by atoms with E-state index in [9.17, 15) is 13.6 Å². The molecule has 18 heavy (non-hydrogen) atoms. The van der Waals surface area contributed by atoms with Gasteiger partial charge in [-0.1, -0.05) is 19.8 Å². The minimum absolute atomic E-state index is 0.162. The average Bonchev–Trinajstić information content (AvgIpc) is 2.96. The number of nitrogens with zero attached hydrogens (tertiary/aromatic N) is 1. The maximum atomic E-state index is 12.7. The Kier molecular flexibility index (Phi) is 3.36. The third-order valence-electron chi connectivity index (χ3n) is 3.75. The molecule has 6 heteroatoms. The van der Waals surface area contributed by atoms with E-state index in [1.54, 1.807) is 0 Å². The summed E-state index contributed by atoms with van der Waals surface area (Å²) in [5, 5.41) is 8.86. The monoisotopic (exact) mass is 259 g/mol. The van der Waals surface area contributed by atoms with E-state index < -0.39 is 23.8 Å². The van der Waals surface area contributed by atoms with Crippen LogP contribution in [0.3, 0.4) is 0 Å². The van der Waals surface area contributed by atoms with Crippen LogP contribution in [0.15, 0.2) is 4.42 Å². The smallest absolute Gasteiger partial charge is 0.374 e. The highest BCUT2D eigenvalue weighted by Crippen LogP contribution is 2.44. The first-order chi connectivity index (χ1) is 8.50. The minimum atomic E-state index is -2.93. The molecule has 1 aliphatic carbocycles. The van der Waals surface area contributed by atoms with Gasteiger partial charge >= 0.3 is 5.97 Å². The van der Waals surface area contributed by atoms with Crippen LogP contribution in [0.1, 0.15) is 67.6 Å². The molecule has 0 atom stereocenters. The number of aromatic nitrogens is 1. The largest absolute Gasteiger partial charge is 0.475 e. The lowest BCUT2D eigenvalue weighted by Crippen LogP contribution is -2.21. The Morgan fingerprint density at radius 3 is 2.50 bits per heavy atom. The molecule has 2 rings (SSSR count). The molecule has 1 saturated carbocycles. The highest BCUT2D eigenvalue weighted by atomic mass is 19.3. The lowest BCUT2D eigenvalue weighted by atomic mass is 9.83. The third kappa shape index (κ3) is 2.00. The first-order valence-electron chi connectivity index (χ1n) is 6.03. The van der Waals surface area contributed by atoms with Crippen molar-refractivity contribution < 1.29 is 23.1 Å². The fourth-order valence-corrected chi connectivity index (χ4v) is 2.63.